The number of nitrogens with zero attached hydrogens (tertiary/aromatic N) is 2. The Morgan fingerprint density at radius 1 is 0.868 bits per heavy atom. The Labute approximate surface area is 222 Å². The first-order valence-electron chi connectivity index (χ1n) is 13.0. The first kappa shape index (κ1) is 23.9. The fraction of sp³-hybridized carbons (Fsp3) is 0.219. The zero-order chi connectivity index (χ0) is 26.2. The average Bonchev–Trinajstić information content (AvgIpc) is 3.36. The minimum atomic E-state index is -0.162. The third-order valence-electron chi connectivity index (χ3n) is 7.43. The standard InChI is InChI=1S/C32H31N3O3/c1-21-11-13-23(14-12-21)29-25-8-6-7-19-34-27(22-15-17-24(37-2)18-16-22)20-35(32(25)34)30(29)31(36)33-26-9-4-5-10-28(26)38-3/h4-5,9-18,20H,6-8,19H2,1-3H3,(H,33,36). The van der Waals surface area contributed by atoms with E-state index in [1.54, 1.807) is 14.2 Å². The molecule has 2 aromatic heterocycles. The van der Waals surface area contributed by atoms with Gasteiger partial charge in [0.2, 0.25) is 0 Å². The number of imidazole rings is 1. The summed E-state index contributed by atoms with van der Waals surface area (Å²) in [6, 6.07) is 24.1. The lowest BCUT2D eigenvalue weighted by molar-refractivity contribution is 0.102. The molecule has 0 spiro atoms. The molecule has 5 aromatic rings. The van der Waals surface area contributed by atoms with Crippen molar-refractivity contribution in [2.24, 2.45) is 0 Å². The molecule has 192 valence electrons. The summed E-state index contributed by atoms with van der Waals surface area (Å²) >= 11 is 0. The predicted octanol–water partition coefficient (Wildman–Crippen LogP) is 6.99. The number of amides is 1. The van der Waals surface area contributed by atoms with Gasteiger partial charge in [-0.1, -0.05) is 42.0 Å². The summed E-state index contributed by atoms with van der Waals surface area (Å²) in [5.41, 5.74) is 9.03. The van der Waals surface area contributed by atoms with Crippen molar-refractivity contribution in [1.29, 1.82) is 0 Å². The topological polar surface area (TPSA) is 56.9 Å². The van der Waals surface area contributed by atoms with Crippen molar-refractivity contribution in [2.45, 2.75) is 32.7 Å². The van der Waals surface area contributed by atoms with E-state index in [1.165, 1.54) is 11.1 Å². The molecule has 0 saturated heterocycles. The Kier molecular flexibility index (Phi) is 6.16. The van der Waals surface area contributed by atoms with Gasteiger partial charge in [-0.2, -0.15) is 0 Å². The van der Waals surface area contributed by atoms with Crippen molar-refractivity contribution in [3.8, 4) is 33.9 Å². The van der Waals surface area contributed by atoms with E-state index in [2.05, 4.69) is 63.8 Å². The van der Waals surface area contributed by atoms with Gasteiger partial charge >= 0.3 is 0 Å². The van der Waals surface area contributed by atoms with Gasteiger partial charge in [0.05, 0.1) is 25.6 Å². The molecule has 0 atom stereocenters. The molecule has 1 aliphatic rings. The first-order valence-corrected chi connectivity index (χ1v) is 13.0. The summed E-state index contributed by atoms with van der Waals surface area (Å²) < 4.78 is 15.4. The summed E-state index contributed by atoms with van der Waals surface area (Å²) in [6.45, 7) is 2.98. The first-order chi connectivity index (χ1) is 18.6. The lowest BCUT2D eigenvalue weighted by atomic mass is 9.97. The highest BCUT2D eigenvalue weighted by Crippen LogP contribution is 2.40. The minimum absolute atomic E-state index is 0.162. The highest BCUT2D eigenvalue weighted by atomic mass is 16.5. The Bertz CT molecular complexity index is 1630. The van der Waals surface area contributed by atoms with E-state index in [-0.39, 0.29) is 5.91 Å². The maximum atomic E-state index is 14.1. The Hall–Kier alpha value is -4.45. The highest BCUT2D eigenvalue weighted by molar-refractivity contribution is 6.10. The van der Waals surface area contributed by atoms with Crippen LogP contribution in [0, 0.1) is 6.92 Å². The van der Waals surface area contributed by atoms with Crippen LogP contribution >= 0.6 is 0 Å². The van der Waals surface area contributed by atoms with Gasteiger partial charge in [0.1, 0.15) is 22.8 Å². The van der Waals surface area contributed by atoms with Gasteiger partial charge in [0.15, 0.2) is 0 Å². The van der Waals surface area contributed by atoms with Gasteiger partial charge in [-0.15, -0.1) is 0 Å². The number of methoxy groups -OCH3 is 2. The Morgan fingerprint density at radius 3 is 2.34 bits per heavy atom. The van der Waals surface area contributed by atoms with Gasteiger partial charge in [0.25, 0.3) is 5.91 Å². The third-order valence-corrected chi connectivity index (χ3v) is 7.43. The minimum Gasteiger partial charge on any atom is -0.497 e. The van der Waals surface area contributed by atoms with Crippen LogP contribution in [0.3, 0.4) is 0 Å². The molecule has 0 bridgehead atoms. The van der Waals surface area contributed by atoms with Crippen LogP contribution in [-0.2, 0) is 13.0 Å². The molecular weight excluding hydrogens is 474 g/mol. The largest absolute Gasteiger partial charge is 0.497 e. The molecule has 3 heterocycles. The molecule has 0 unspecified atom stereocenters. The van der Waals surface area contributed by atoms with Crippen LogP contribution in [0.25, 0.3) is 28.0 Å². The molecule has 1 amide bonds. The predicted molar refractivity (Wildman–Crippen MR) is 151 cm³/mol. The quantitative estimate of drug-likeness (QED) is 0.271. The van der Waals surface area contributed by atoms with Crippen LogP contribution < -0.4 is 14.8 Å². The molecule has 6 nitrogen and oxygen atoms in total. The van der Waals surface area contributed by atoms with Crippen LogP contribution in [0.4, 0.5) is 5.69 Å². The van der Waals surface area contributed by atoms with Gasteiger partial charge < -0.3 is 19.4 Å². The van der Waals surface area contributed by atoms with E-state index in [4.69, 9.17) is 9.47 Å². The maximum Gasteiger partial charge on any atom is 0.273 e. The number of aryl methyl sites for hydroxylation is 3. The van der Waals surface area contributed by atoms with Crippen LogP contribution in [0.2, 0.25) is 0 Å². The summed E-state index contributed by atoms with van der Waals surface area (Å²) in [6.07, 6.45) is 5.18. The lowest BCUT2D eigenvalue weighted by Crippen LogP contribution is -2.16. The summed E-state index contributed by atoms with van der Waals surface area (Å²) in [4.78, 5) is 14.1. The fourth-order valence-electron chi connectivity index (χ4n) is 5.56. The number of ether oxygens (including phenoxy) is 2. The molecule has 6 heteroatoms. The number of aromatic nitrogens is 2. The van der Waals surface area contributed by atoms with Gasteiger partial charge in [-0.05, 0) is 73.7 Å². The SMILES string of the molecule is COc1ccc(-c2cn3c(C(=O)Nc4ccccc4OC)c(-c4ccc(C)cc4)c4c3n2CCCC4)cc1. The molecule has 3 aromatic carbocycles. The monoisotopic (exact) mass is 505 g/mol. The molecule has 1 N–H and O–H groups in total. The number of carbonyl (C=O) groups excluding carboxylic acids is 1. The van der Waals surface area contributed by atoms with E-state index in [0.717, 1.165) is 59.6 Å². The molecule has 0 aliphatic carbocycles. The molecule has 0 saturated carbocycles. The van der Waals surface area contributed by atoms with Crippen molar-refractivity contribution in [2.75, 3.05) is 19.5 Å². The number of hydrogen-bond acceptors (Lipinski definition) is 3. The average molecular weight is 506 g/mol. The van der Waals surface area contributed by atoms with Gasteiger partial charge in [0, 0.05) is 23.9 Å². The van der Waals surface area contributed by atoms with E-state index < -0.39 is 0 Å². The number of rotatable bonds is 6. The Balaban J connectivity index is 1.59. The normalized spacial score (nSPS) is 12.8. The van der Waals surface area contributed by atoms with Gasteiger partial charge in [-0.3, -0.25) is 9.20 Å². The zero-order valence-corrected chi connectivity index (χ0v) is 22.0. The van der Waals surface area contributed by atoms with E-state index >= 15 is 0 Å². The highest BCUT2D eigenvalue weighted by Gasteiger charge is 2.30. The molecule has 0 radical (unpaired) electrons. The number of benzene rings is 3. The molecule has 1 aliphatic heterocycles. The van der Waals surface area contributed by atoms with Crippen LogP contribution in [-0.4, -0.2) is 29.1 Å². The second kappa shape index (κ2) is 9.78. The summed E-state index contributed by atoms with van der Waals surface area (Å²) in [7, 11) is 3.29. The van der Waals surface area contributed by atoms with Crippen LogP contribution in [0.15, 0.2) is 79.0 Å². The Morgan fingerprint density at radius 2 is 1.61 bits per heavy atom. The summed E-state index contributed by atoms with van der Waals surface area (Å²) in [5, 5.41) is 3.14. The van der Waals surface area contributed by atoms with E-state index in [9.17, 15) is 4.79 Å². The second-order valence-corrected chi connectivity index (χ2v) is 9.77. The smallest absolute Gasteiger partial charge is 0.273 e. The van der Waals surface area contributed by atoms with Crippen molar-refractivity contribution in [3.63, 3.8) is 0 Å². The second-order valence-electron chi connectivity index (χ2n) is 9.77. The number of para-hydroxylation sites is 2. The number of nitrogens with one attached hydrogen (secondary N) is 1. The number of anilines is 1. The van der Waals surface area contributed by atoms with Gasteiger partial charge in [-0.25, -0.2) is 0 Å². The van der Waals surface area contributed by atoms with Crippen molar-refractivity contribution >= 4 is 17.2 Å². The summed E-state index contributed by atoms with van der Waals surface area (Å²) in [5.74, 6) is 1.29. The van der Waals surface area contributed by atoms with Crippen molar-refractivity contribution < 1.29 is 14.3 Å². The van der Waals surface area contributed by atoms with Crippen LogP contribution in [0.5, 0.6) is 11.5 Å². The lowest BCUT2D eigenvalue weighted by Gasteiger charge is -2.12. The third kappa shape index (κ3) is 4.02. The van der Waals surface area contributed by atoms with Crippen molar-refractivity contribution in [1.82, 2.24) is 8.97 Å². The molecule has 6 rings (SSSR count). The number of hydrogen-bond donors (Lipinski definition) is 1. The molecule has 0 fully saturated rings. The van der Waals surface area contributed by atoms with E-state index in [1.807, 2.05) is 36.4 Å². The maximum absolute atomic E-state index is 14.1. The number of carbonyl (C=O) groups is 1. The van der Waals surface area contributed by atoms with Crippen LogP contribution in [0.1, 0.15) is 34.5 Å². The molecular formula is C32H31N3O3. The molecule has 38 heavy (non-hydrogen) atoms. The van der Waals surface area contributed by atoms with E-state index in [0.29, 0.717) is 17.1 Å². The fourth-order valence-corrected chi connectivity index (χ4v) is 5.56. The van der Waals surface area contributed by atoms with Crippen molar-refractivity contribution in [3.05, 3.63) is 95.8 Å². The zero-order valence-electron chi connectivity index (χ0n) is 22.0.